The van der Waals surface area contributed by atoms with Gasteiger partial charge in [0.15, 0.2) is 11.5 Å². The Morgan fingerprint density at radius 2 is 1.82 bits per heavy atom. The quantitative estimate of drug-likeness (QED) is 0.640. The van der Waals surface area contributed by atoms with Crippen molar-refractivity contribution in [3.8, 4) is 17.2 Å². The van der Waals surface area contributed by atoms with E-state index in [0.29, 0.717) is 19.4 Å². The molecule has 0 spiro atoms. The molecule has 17 heavy (non-hydrogen) atoms. The molecule has 0 saturated heterocycles. The van der Waals surface area contributed by atoms with Gasteiger partial charge in [0.1, 0.15) is 0 Å². The number of hydrogen-bond donors (Lipinski definition) is 3. The molecular weight excluding hydrogens is 220 g/mol. The van der Waals surface area contributed by atoms with Crippen molar-refractivity contribution < 1.29 is 20.1 Å². The van der Waals surface area contributed by atoms with Gasteiger partial charge in [-0.3, -0.25) is 0 Å². The standard InChI is InChI=1S/C13H20O4/c1-2-5-10(14)6-4-9-17-13-11(15)7-3-8-12(13)16/h3,7-8,10,14-16H,2,4-6,9H2,1H3. The van der Waals surface area contributed by atoms with Crippen molar-refractivity contribution in [3.05, 3.63) is 18.2 Å². The van der Waals surface area contributed by atoms with E-state index in [1.165, 1.54) is 12.1 Å². The number of para-hydroxylation sites is 1. The molecule has 4 nitrogen and oxygen atoms in total. The largest absolute Gasteiger partial charge is 0.504 e. The van der Waals surface area contributed by atoms with Crippen molar-refractivity contribution >= 4 is 0 Å². The molecule has 0 heterocycles. The number of hydrogen-bond acceptors (Lipinski definition) is 4. The second-order valence-corrected chi connectivity index (χ2v) is 4.06. The van der Waals surface area contributed by atoms with Crippen LogP contribution in [0.5, 0.6) is 17.2 Å². The summed E-state index contributed by atoms with van der Waals surface area (Å²) in [5.41, 5.74) is 0. The van der Waals surface area contributed by atoms with Crippen LogP contribution in [0.25, 0.3) is 0 Å². The molecule has 96 valence electrons. The number of aromatic hydroxyl groups is 2. The molecule has 0 aliphatic rings. The van der Waals surface area contributed by atoms with Crippen LogP contribution in [-0.2, 0) is 0 Å². The molecule has 0 aromatic heterocycles. The fourth-order valence-electron chi connectivity index (χ4n) is 1.63. The van der Waals surface area contributed by atoms with Crippen LogP contribution in [0, 0.1) is 0 Å². The van der Waals surface area contributed by atoms with E-state index in [1.807, 2.05) is 6.92 Å². The van der Waals surface area contributed by atoms with Crippen molar-refractivity contribution in [3.63, 3.8) is 0 Å². The fraction of sp³-hybridized carbons (Fsp3) is 0.538. The van der Waals surface area contributed by atoms with E-state index in [4.69, 9.17) is 4.74 Å². The fourth-order valence-corrected chi connectivity index (χ4v) is 1.63. The van der Waals surface area contributed by atoms with Crippen LogP contribution in [0.4, 0.5) is 0 Å². The number of aliphatic hydroxyl groups is 1. The molecule has 0 aliphatic carbocycles. The summed E-state index contributed by atoms with van der Waals surface area (Å²) in [6.07, 6.45) is 2.82. The molecule has 4 heteroatoms. The Morgan fingerprint density at radius 3 is 2.41 bits per heavy atom. The molecular formula is C13H20O4. The minimum absolute atomic E-state index is 0.0703. The lowest BCUT2D eigenvalue weighted by atomic mass is 10.1. The molecule has 0 fully saturated rings. The Morgan fingerprint density at radius 1 is 1.18 bits per heavy atom. The molecule has 0 bridgehead atoms. The first kappa shape index (κ1) is 13.6. The second kappa shape index (κ2) is 7.01. The zero-order chi connectivity index (χ0) is 12.7. The summed E-state index contributed by atoms with van der Waals surface area (Å²) < 4.78 is 5.28. The number of rotatable bonds is 7. The van der Waals surface area contributed by atoms with Gasteiger partial charge in [0, 0.05) is 0 Å². The maximum atomic E-state index is 9.50. The third kappa shape index (κ3) is 4.53. The zero-order valence-corrected chi connectivity index (χ0v) is 10.1. The first-order chi connectivity index (χ1) is 8.15. The number of aliphatic hydroxyl groups excluding tert-OH is 1. The van der Waals surface area contributed by atoms with Crippen molar-refractivity contribution in [2.45, 2.75) is 38.7 Å². The topological polar surface area (TPSA) is 69.9 Å². The van der Waals surface area contributed by atoms with E-state index in [-0.39, 0.29) is 23.4 Å². The minimum Gasteiger partial charge on any atom is -0.504 e. The summed E-state index contributed by atoms with van der Waals surface area (Å²) in [6, 6.07) is 4.46. The predicted octanol–water partition coefficient (Wildman–Crippen LogP) is 2.42. The SMILES string of the molecule is CCCC(O)CCCOc1c(O)cccc1O. The van der Waals surface area contributed by atoms with Crippen LogP contribution in [0.3, 0.4) is 0 Å². The second-order valence-electron chi connectivity index (χ2n) is 4.06. The number of phenolic OH excluding ortho intramolecular Hbond substituents is 2. The summed E-state index contributed by atoms with van der Waals surface area (Å²) in [6.45, 7) is 2.39. The van der Waals surface area contributed by atoms with Crippen LogP contribution in [0.1, 0.15) is 32.6 Å². The minimum atomic E-state index is -0.290. The predicted molar refractivity (Wildman–Crippen MR) is 65.4 cm³/mol. The Kier molecular flexibility index (Phi) is 5.63. The number of ether oxygens (including phenoxy) is 1. The lowest BCUT2D eigenvalue weighted by Gasteiger charge is -2.11. The Balaban J connectivity index is 2.31. The van der Waals surface area contributed by atoms with Crippen molar-refractivity contribution in [1.82, 2.24) is 0 Å². The summed E-state index contributed by atoms with van der Waals surface area (Å²) in [7, 11) is 0. The Bertz CT molecular complexity index is 318. The van der Waals surface area contributed by atoms with E-state index in [1.54, 1.807) is 6.07 Å². The Hall–Kier alpha value is -1.42. The van der Waals surface area contributed by atoms with Crippen LogP contribution in [-0.4, -0.2) is 28.0 Å². The first-order valence-electron chi connectivity index (χ1n) is 5.97. The van der Waals surface area contributed by atoms with E-state index in [0.717, 1.165) is 12.8 Å². The van der Waals surface area contributed by atoms with E-state index in [9.17, 15) is 15.3 Å². The highest BCUT2D eigenvalue weighted by Crippen LogP contribution is 2.35. The van der Waals surface area contributed by atoms with Gasteiger partial charge < -0.3 is 20.1 Å². The third-order valence-corrected chi connectivity index (χ3v) is 2.52. The van der Waals surface area contributed by atoms with Crippen molar-refractivity contribution in [2.75, 3.05) is 6.61 Å². The molecule has 0 amide bonds. The van der Waals surface area contributed by atoms with Crippen molar-refractivity contribution in [1.29, 1.82) is 0 Å². The first-order valence-corrected chi connectivity index (χ1v) is 5.97. The molecule has 1 unspecified atom stereocenters. The molecule has 1 aromatic rings. The van der Waals surface area contributed by atoms with Gasteiger partial charge in [-0.1, -0.05) is 19.4 Å². The summed E-state index contributed by atoms with van der Waals surface area (Å²) >= 11 is 0. The monoisotopic (exact) mass is 240 g/mol. The normalized spacial score (nSPS) is 12.4. The molecule has 1 rings (SSSR count). The lowest BCUT2D eigenvalue weighted by molar-refractivity contribution is 0.142. The van der Waals surface area contributed by atoms with Gasteiger partial charge in [0.25, 0.3) is 0 Å². The van der Waals surface area contributed by atoms with Gasteiger partial charge in [0.05, 0.1) is 12.7 Å². The Labute approximate surface area is 101 Å². The van der Waals surface area contributed by atoms with E-state index < -0.39 is 0 Å². The van der Waals surface area contributed by atoms with Crippen molar-refractivity contribution in [2.24, 2.45) is 0 Å². The van der Waals surface area contributed by atoms with E-state index >= 15 is 0 Å². The lowest BCUT2D eigenvalue weighted by Crippen LogP contribution is -2.08. The average Bonchev–Trinajstić information content (AvgIpc) is 2.28. The van der Waals surface area contributed by atoms with Gasteiger partial charge in [-0.2, -0.15) is 0 Å². The van der Waals surface area contributed by atoms with Crippen LogP contribution >= 0.6 is 0 Å². The van der Waals surface area contributed by atoms with Gasteiger partial charge in [-0.25, -0.2) is 0 Å². The van der Waals surface area contributed by atoms with Gasteiger partial charge in [-0.15, -0.1) is 0 Å². The van der Waals surface area contributed by atoms with E-state index in [2.05, 4.69) is 0 Å². The molecule has 0 saturated carbocycles. The molecule has 0 aliphatic heterocycles. The number of phenols is 2. The van der Waals surface area contributed by atoms with Gasteiger partial charge in [-0.05, 0) is 31.4 Å². The van der Waals surface area contributed by atoms with Crippen LogP contribution < -0.4 is 4.74 Å². The van der Waals surface area contributed by atoms with Gasteiger partial charge >= 0.3 is 0 Å². The molecule has 0 radical (unpaired) electrons. The average molecular weight is 240 g/mol. The highest BCUT2D eigenvalue weighted by Gasteiger charge is 2.08. The maximum Gasteiger partial charge on any atom is 0.203 e. The maximum absolute atomic E-state index is 9.50. The zero-order valence-electron chi connectivity index (χ0n) is 10.1. The van der Waals surface area contributed by atoms with Crippen LogP contribution in [0.2, 0.25) is 0 Å². The summed E-state index contributed by atoms with van der Waals surface area (Å²) in [5.74, 6) is -0.0318. The summed E-state index contributed by atoms with van der Waals surface area (Å²) in [5, 5.41) is 28.4. The van der Waals surface area contributed by atoms with Crippen LogP contribution in [0.15, 0.2) is 18.2 Å². The third-order valence-electron chi connectivity index (χ3n) is 2.52. The van der Waals surface area contributed by atoms with Gasteiger partial charge in [0.2, 0.25) is 5.75 Å². The number of benzene rings is 1. The summed E-state index contributed by atoms with van der Waals surface area (Å²) in [4.78, 5) is 0. The molecule has 3 N–H and O–H groups in total. The molecule has 1 atom stereocenters. The molecule has 1 aromatic carbocycles. The highest BCUT2D eigenvalue weighted by molar-refractivity contribution is 5.49. The smallest absolute Gasteiger partial charge is 0.203 e. The highest BCUT2D eigenvalue weighted by atomic mass is 16.5.